The Morgan fingerprint density at radius 1 is 0.575 bits per heavy atom. The van der Waals surface area contributed by atoms with Crippen LogP contribution in [0.2, 0.25) is 0 Å². The standard InChI is InChI=1S/C68H57BN2O2/c1-44-38-47-24-17-18-25-48(47)39-58(44)54-31-21-32-55(45(54)2)64-57-36-35-52(70(50-26-13-9-14-27-50)51-28-15-10-16-29-51)41-53(43-69)71(63(57)42-61-65(64)56-30-19-20-33-60(56)68(61,6)7)62-37-34-49(66(72)73-67(3,4)5)40-59(62)46-22-11-8-12-23-46/h8-43H,1-7H3/b36-35-,52-41+,53-43-. The van der Waals surface area contributed by atoms with Crippen molar-refractivity contribution in [1.82, 2.24) is 0 Å². The zero-order chi connectivity index (χ0) is 50.6. The lowest BCUT2D eigenvalue weighted by molar-refractivity contribution is 0.00695. The van der Waals surface area contributed by atoms with E-state index in [0.717, 1.165) is 62.0 Å². The Morgan fingerprint density at radius 3 is 1.85 bits per heavy atom. The molecule has 1 aliphatic carbocycles. The van der Waals surface area contributed by atoms with Crippen LogP contribution in [0.5, 0.6) is 0 Å². The first-order valence-electron chi connectivity index (χ1n) is 25.2. The van der Waals surface area contributed by atoms with Crippen molar-refractivity contribution in [2.75, 3.05) is 9.80 Å². The van der Waals surface area contributed by atoms with Crippen LogP contribution in [0.15, 0.2) is 224 Å². The molecule has 0 spiro atoms. The van der Waals surface area contributed by atoms with Crippen LogP contribution in [-0.2, 0) is 10.2 Å². The summed E-state index contributed by atoms with van der Waals surface area (Å²) in [5, 5.41) is 2.44. The van der Waals surface area contributed by atoms with E-state index in [0.29, 0.717) is 5.56 Å². The summed E-state index contributed by atoms with van der Waals surface area (Å²) in [6.07, 6.45) is 6.74. The Bertz CT molecular complexity index is 3670. The Morgan fingerprint density at radius 2 is 1.18 bits per heavy atom. The van der Waals surface area contributed by atoms with Crippen molar-refractivity contribution < 1.29 is 9.53 Å². The second-order valence-electron chi connectivity index (χ2n) is 20.7. The summed E-state index contributed by atoms with van der Waals surface area (Å²) in [6, 6.07) is 68.5. The Kier molecular flexibility index (Phi) is 12.0. The van der Waals surface area contributed by atoms with Crippen LogP contribution in [0.25, 0.3) is 61.4 Å². The number of carbonyl (C=O) groups is 1. The molecule has 0 saturated carbocycles. The fraction of sp³-hybridized carbons (Fsp3) is 0.132. The number of fused-ring (bicyclic) bond motifs is 5. The van der Waals surface area contributed by atoms with E-state index in [4.69, 9.17) is 12.6 Å². The number of esters is 1. The number of allylic oxidation sites excluding steroid dienone is 2. The predicted octanol–water partition coefficient (Wildman–Crippen LogP) is 17.6. The summed E-state index contributed by atoms with van der Waals surface area (Å²) in [5.74, 6) is 1.33. The number of ether oxygens (including phenoxy) is 1. The van der Waals surface area contributed by atoms with Crippen molar-refractivity contribution in [3.8, 4) is 44.5 Å². The van der Waals surface area contributed by atoms with Gasteiger partial charge in [0.1, 0.15) is 13.4 Å². The molecule has 0 unspecified atom stereocenters. The van der Waals surface area contributed by atoms with Gasteiger partial charge in [-0.1, -0.05) is 159 Å². The first-order valence-corrected chi connectivity index (χ1v) is 25.2. The van der Waals surface area contributed by atoms with Crippen LogP contribution in [0.3, 0.4) is 0 Å². The van der Waals surface area contributed by atoms with Gasteiger partial charge in [0, 0.05) is 39.3 Å². The second kappa shape index (κ2) is 18.6. The molecule has 0 amide bonds. The van der Waals surface area contributed by atoms with Crippen LogP contribution in [0.4, 0.5) is 22.7 Å². The summed E-state index contributed by atoms with van der Waals surface area (Å²) in [6.45, 7) is 14.9. The van der Waals surface area contributed by atoms with Crippen molar-refractivity contribution in [1.29, 1.82) is 0 Å². The van der Waals surface area contributed by atoms with E-state index in [1.165, 1.54) is 55.3 Å². The number of aryl methyl sites for hydroxylation is 1. The second-order valence-corrected chi connectivity index (χ2v) is 20.7. The van der Waals surface area contributed by atoms with Gasteiger partial charge in [-0.25, -0.2) is 4.79 Å². The lowest BCUT2D eigenvalue weighted by Gasteiger charge is -2.36. The van der Waals surface area contributed by atoms with Crippen molar-refractivity contribution in [2.45, 2.75) is 59.5 Å². The van der Waals surface area contributed by atoms with Gasteiger partial charge in [0.25, 0.3) is 0 Å². The van der Waals surface area contributed by atoms with E-state index < -0.39 is 5.60 Å². The molecule has 5 heteroatoms. The van der Waals surface area contributed by atoms with Gasteiger partial charge in [-0.3, -0.25) is 0 Å². The number of rotatable bonds is 8. The number of para-hydroxylation sites is 2. The summed E-state index contributed by atoms with van der Waals surface area (Å²) in [5.41, 5.74) is 19.7. The largest absolute Gasteiger partial charge is 0.456 e. The van der Waals surface area contributed by atoms with E-state index in [1.807, 2.05) is 63.2 Å². The number of benzene rings is 9. The number of hydrogen-bond acceptors (Lipinski definition) is 4. The maximum absolute atomic E-state index is 14.0. The highest BCUT2D eigenvalue weighted by Crippen LogP contribution is 2.58. The Hall–Kier alpha value is -8.41. The topological polar surface area (TPSA) is 32.8 Å². The highest BCUT2D eigenvalue weighted by Gasteiger charge is 2.40. The van der Waals surface area contributed by atoms with Crippen molar-refractivity contribution in [2.24, 2.45) is 0 Å². The molecule has 4 nitrogen and oxygen atoms in total. The lowest BCUT2D eigenvalue weighted by Crippen LogP contribution is -2.25. The minimum atomic E-state index is -0.680. The van der Waals surface area contributed by atoms with Crippen LogP contribution < -0.4 is 9.80 Å². The Balaban J connectivity index is 1.27. The van der Waals surface area contributed by atoms with Crippen LogP contribution >= 0.6 is 0 Å². The van der Waals surface area contributed by atoms with Crippen LogP contribution in [0, 0.1) is 13.8 Å². The fourth-order valence-corrected chi connectivity index (χ4v) is 11.1. The fourth-order valence-electron chi connectivity index (χ4n) is 11.1. The quantitative estimate of drug-likeness (QED) is 0.112. The maximum Gasteiger partial charge on any atom is 0.338 e. The molecule has 11 rings (SSSR count). The average Bonchev–Trinajstić information content (AvgIpc) is 3.62. The smallest absolute Gasteiger partial charge is 0.338 e. The summed E-state index contributed by atoms with van der Waals surface area (Å²) < 4.78 is 6.00. The van der Waals surface area contributed by atoms with E-state index in [1.54, 1.807) is 5.98 Å². The summed E-state index contributed by atoms with van der Waals surface area (Å²) in [7, 11) is 7.07. The molecule has 0 aromatic heterocycles. The molecule has 0 saturated heterocycles. The minimum Gasteiger partial charge on any atom is -0.456 e. The molecule has 0 bridgehead atoms. The molecular formula is C68H57BN2O2. The molecule has 354 valence electrons. The highest BCUT2D eigenvalue weighted by atomic mass is 16.6. The summed E-state index contributed by atoms with van der Waals surface area (Å²) >= 11 is 0. The normalized spacial score (nSPS) is 15.4. The van der Waals surface area contributed by atoms with E-state index in [9.17, 15) is 4.79 Å². The SMILES string of the molecule is [B]/C=C1/C=C(N(c2ccccc2)c2ccccc2)\C=C/c2c(cc3c(c2-c2cccc(-c4cc5ccccc5cc4C)c2C)-c2ccccc2C3(C)C)N1c1ccc(C(=O)OC(C)(C)C)cc1-c1ccccc1. The third-order valence-corrected chi connectivity index (χ3v) is 14.5. The van der Waals surface area contributed by atoms with Crippen molar-refractivity contribution in [3.05, 3.63) is 257 Å². The minimum absolute atomic E-state index is 0.373. The molecular weight excluding hydrogens is 888 g/mol. The molecule has 9 aromatic rings. The van der Waals surface area contributed by atoms with Gasteiger partial charge in [-0.05, 0) is 173 Å². The Labute approximate surface area is 431 Å². The van der Waals surface area contributed by atoms with E-state index in [-0.39, 0.29) is 11.4 Å². The van der Waals surface area contributed by atoms with Gasteiger partial charge >= 0.3 is 5.97 Å². The van der Waals surface area contributed by atoms with Gasteiger partial charge in [-0.15, -0.1) is 5.98 Å². The third-order valence-electron chi connectivity index (χ3n) is 14.5. The van der Waals surface area contributed by atoms with Gasteiger partial charge in [0.15, 0.2) is 0 Å². The first kappa shape index (κ1) is 46.9. The molecule has 0 fully saturated rings. The maximum atomic E-state index is 14.0. The van der Waals surface area contributed by atoms with Gasteiger partial charge in [0.05, 0.1) is 16.9 Å². The molecule has 1 heterocycles. The summed E-state index contributed by atoms with van der Waals surface area (Å²) in [4.78, 5) is 18.6. The molecule has 1 aliphatic heterocycles. The van der Waals surface area contributed by atoms with Crippen molar-refractivity contribution in [3.63, 3.8) is 0 Å². The van der Waals surface area contributed by atoms with E-state index >= 15 is 0 Å². The zero-order valence-electron chi connectivity index (χ0n) is 42.6. The number of carbonyl (C=O) groups excluding carboxylic acids is 1. The zero-order valence-corrected chi connectivity index (χ0v) is 42.6. The number of hydrogen-bond donors (Lipinski definition) is 0. The van der Waals surface area contributed by atoms with Crippen molar-refractivity contribution >= 4 is 53.4 Å². The van der Waals surface area contributed by atoms with Gasteiger partial charge in [-0.2, -0.15) is 0 Å². The predicted molar refractivity (Wildman–Crippen MR) is 307 cm³/mol. The molecule has 9 aromatic carbocycles. The third kappa shape index (κ3) is 8.49. The molecule has 0 N–H and O–H groups in total. The van der Waals surface area contributed by atoms with E-state index in [2.05, 4.69) is 207 Å². The monoisotopic (exact) mass is 944 g/mol. The average molecular weight is 945 g/mol. The first-order chi connectivity index (χ1) is 35.3. The number of nitrogens with zero attached hydrogens (tertiary/aromatic N) is 2. The number of anilines is 4. The highest BCUT2D eigenvalue weighted by molar-refractivity contribution is 6.18. The van der Waals surface area contributed by atoms with Crippen LogP contribution in [0.1, 0.15) is 72.8 Å². The van der Waals surface area contributed by atoms with Gasteiger partial charge in [0.2, 0.25) is 0 Å². The molecule has 0 atom stereocenters. The van der Waals surface area contributed by atoms with Gasteiger partial charge < -0.3 is 14.5 Å². The molecule has 2 radical (unpaired) electrons. The van der Waals surface area contributed by atoms with Crippen LogP contribution in [-0.4, -0.2) is 19.4 Å². The molecule has 73 heavy (non-hydrogen) atoms. The molecule has 2 aliphatic rings. The lowest BCUT2D eigenvalue weighted by atomic mass is 9.79.